The van der Waals surface area contributed by atoms with Crippen LogP contribution in [0, 0.1) is 490 Å². The van der Waals surface area contributed by atoms with E-state index in [1.54, 1.807) is 48.5 Å². The molecule has 103 heavy (non-hydrogen) atoms. The number of benzene rings is 6. The second-order valence-corrected chi connectivity index (χ2v) is 14.3. The SMILES string of the molecule is O.O.O.O.O.O.O.O.O.O.O.O.O.O.O.O.O.O.O.OC(O)c1ccc(C(O)O)cc1.OC(O)c1ccc(C(O)O)cc1.OC(O)c1ccccc1C(O)O.OC(O)c1ccccc1C(O)O.OC(O)c1ccccc1C(O)O.OC(O)c1ccccc1C(O)O.[Nd].[Nd].[Nd].[Nd].[Nd].[Nd].[Nd].[Nd].[Nd].[Nd].[Nd].[Nd]. The fraction of sp³-hybridized carbons (Fsp3) is 0.250. The van der Waals surface area contributed by atoms with Gasteiger partial charge < -0.3 is 227 Å². The summed E-state index contributed by atoms with van der Waals surface area (Å²) in [5.74, 6) is 0. The molecule has 43 nitrogen and oxygen atoms in total. The Hall–Kier alpha value is 9.81. The van der Waals surface area contributed by atoms with Gasteiger partial charge in [-0.3, -0.25) is 0 Å². The van der Waals surface area contributed by atoms with Crippen LogP contribution in [-0.2, 0) is 0 Å². The summed E-state index contributed by atoms with van der Waals surface area (Å²) in [7, 11) is 0. The standard InChI is InChI=1S/6C8H10O4.12Nd.19H2O/c2*9-7(10)5-1-2-6(4-3-5)8(11)12;4*9-7(10)5-3-1-2-4-6(5)8(11)12;;;;;;;;;;;;;;;;;;;;;;;;;;;;;;;/h6*1-4,7-12H;;;;;;;;;;;;;19*1H2. The van der Waals surface area contributed by atoms with Crippen molar-refractivity contribution in [2.75, 3.05) is 0 Å². The fourth-order valence-corrected chi connectivity index (χ4v) is 5.61. The predicted molar refractivity (Wildman–Crippen MR) is 313 cm³/mol. The number of aliphatic hydroxyl groups is 24. The molecule has 0 fully saturated rings. The maximum Gasteiger partial charge on any atom is 0.178 e. The number of rotatable bonds is 12. The Labute approximate surface area is 982 Å². The first-order chi connectivity index (χ1) is 33.7. The zero-order valence-corrected chi connectivity index (χ0v) is 91.5. The maximum atomic E-state index is 8.79. The van der Waals surface area contributed by atoms with Crippen molar-refractivity contribution in [1.82, 2.24) is 0 Å². The predicted octanol–water partition coefficient (Wildman–Crippen LogP) is -17.8. The van der Waals surface area contributed by atoms with Gasteiger partial charge in [-0.2, -0.15) is 0 Å². The van der Waals surface area contributed by atoms with Gasteiger partial charge in [-0.1, -0.05) is 146 Å². The third-order valence-electron chi connectivity index (χ3n) is 9.27. The number of hydrogen-bond donors (Lipinski definition) is 24. The van der Waals surface area contributed by atoms with Crippen LogP contribution in [0.1, 0.15) is 142 Å². The Balaban J connectivity index is -0.0000000196. The molecular formula is C48H98Nd12O43. The molecule has 0 aliphatic carbocycles. The van der Waals surface area contributed by atoms with Gasteiger partial charge in [0.05, 0.1) is 0 Å². The quantitative estimate of drug-likeness (QED) is 0.0506. The van der Waals surface area contributed by atoms with Crippen molar-refractivity contribution in [2.45, 2.75) is 75.5 Å². The molecule has 0 heterocycles. The topological polar surface area (TPSA) is 1080 Å². The van der Waals surface area contributed by atoms with Gasteiger partial charge in [0, 0.05) is 557 Å². The van der Waals surface area contributed by atoms with E-state index in [1.807, 2.05) is 0 Å². The summed E-state index contributed by atoms with van der Waals surface area (Å²) < 4.78 is 0. The summed E-state index contributed by atoms with van der Waals surface area (Å²) in [5, 5.41) is 210. The van der Waals surface area contributed by atoms with Crippen LogP contribution in [0.15, 0.2) is 146 Å². The zero-order chi connectivity index (χ0) is 54.8. The van der Waals surface area contributed by atoms with Crippen LogP contribution in [-0.4, -0.2) is 227 Å². The van der Waals surface area contributed by atoms with E-state index in [-0.39, 0.29) is 639 Å². The summed E-state index contributed by atoms with van der Waals surface area (Å²) in [4.78, 5) is 0. The van der Waals surface area contributed by atoms with E-state index < -0.39 is 75.5 Å². The second-order valence-electron chi connectivity index (χ2n) is 14.3. The molecule has 0 amide bonds. The number of aliphatic hydroxyl groups excluding tert-OH is 12. The van der Waals surface area contributed by atoms with Crippen LogP contribution in [0.4, 0.5) is 0 Å². The van der Waals surface area contributed by atoms with E-state index >= 15 is 0 Å². The first kappa shape index (κ1) is 211. The minimum atomic E-state index is -1.68. The Morgan fingerprint density at radius 3 is 0.233 bits per heavy atom. The molecule has 0 aliphatic heterocycles. The van der Waals surface area contributed by atoms with E-state index in [0.717, 1.165) is 0 Å². The van der Waals surface area contributed by atoms with Crippen LogP contribution in [0.5, 0.6) is 0 Å². The van der Waals surface area contributed by atoms with Gasteiger partial charge in [0.15, 0.2) is 75.5 Å². The van der Waals surface area contributed by atoms with Crippen LogP contribution in [0.3, 0.4) is 0 Å². The third kappa shape index (κ3) is 90.9. The van der Waals surface area contributed by atoms with Gasteiger partial charge in [0.2, 0.25) is 0 Å². The largest absolute Gasteiger partial charge is 0.412 e. The van der Waals surface area contributed by atoms with Gasteiger partial charge in [-0.05, 0) is 0 Å². The van der Waals surface area contributed by atoms with Crippen LogP contribution < -0.4 is 0 Å². The maximum absolute atomic E-state index is 8.79. The molecule has 0 bridgehead atoms. The molecule has 0 spiro atoms. The monoisotopic (exact) mass is 3070 g/mol. The third-order valence-corrected chi connectivity index (χ3v) is 9.27. The molecule has 6 aromatic carbocycles. The van der Waals surface area contributed by atoms with Crippen molar-refractivity contribution >= 4 is 0 Å². The van der Waals surface area contributed by atoms with Crippen molar-refractivity contribution in [3.05, 3.63) is 212 Å². The van der Waals surface area contributed by atoms with Crippen LogP contribution >= 0.6 is 0 Å². The first-order valence-electron chi connectivity index (χ1n) is 20.6. The average Bonchev–Trinajstić information content (AvgIpc) is 3.34. The van der Waals surface area contributed by atoms with Crippen molar-refractivity contribution < 1.29 is 717 Å². The van der Waals surface area contributed by atoms with E-state index in [0.29, 0.717) is 22.3 Å². The zero-order valence-electron chi connectivity index (χ0n) is 53.0. The van der Waals surface area contributed by atoms with Gasteiger partial charge in [0.1, 0.15) is 0 Å². The summed E-state index contributed by atoms with van der Waals surface area (Å²) in [5.41, 5.74) is 2.11. The molecule has 0 unspecified atom stereocenters. The summed E-state index contributed by atoms with van der Waals surface area (Å²) in [6.45, 7) is 0. The molecule has 0 saturated heterocycles. The Morgan fingerprint density at radius 2 is 0.184 bits per heavy atom. The van der Waals surface area contributed by atoms with Gasteiger partial charge in [-0.25, -0.2) is 0 Å². The summed E-state index contributed by atoms with van der Waals surface area (Å²) in [6, 6.07) is 35.3. The molecule has 6 rings (SSSR count). The molecule has 6 aromatic rings. The van der Waals surface area contributed by atoms with E-state index in [1.165, 1.54) is 97.1 Å². The Bertz CT molecular complexity index is 2010. The summed E-state index contributed by atoms with van der Waals surface area (Å²) >= 11 is 0. The van der Waals surface area contributed by atoms with E-state index in [2.05, 4.69) is 0 Å². The van der Waals surface area contributed by atoms with Crippen molar-refractivity contribution in [3.63, 3.8) is 0 Å². The molecule has 0 atom stereocenters. The van der Waals surface area contributed by atoms with Crippen LogP contribution in [0.25, 0.3) is 0 Å². The van der Waals surface area contributed by atoms with E-state index in [9.17, 15) is 0 Å². The minimum Gasteiger partial charge on any atom is -0.412 e. The Kier molecular flexibility index (Phi) is 251. The minimum absolute atomic E-state index is 0. The smallest absolute Gasteiger partial charge is 0.178 e. The average molecular weight is 3090 g/mol. The van der Waals surface area contributed by atoms with Crippen molar-refractivity contribution in [3.8, 4) is 0 Å². The Morgan fingerprint density at radius 1 is 0.117 bits per heavy atom. The molecule has 62 N–H and O–H groups in total. The first-order valence-corrected chi connectivity index (χ1v) is 20.6. The molecule has 0 aromatic heterocycles. The molecule has 596 valence electrons. The molecule has 0 saturated carbocycles. The number of hydrogen-bond acceptors (Lipinski definition) is 24. The molecule has 0 radical (unpaired) electrons. The van der Waals surface area contributed by atoms with Gasteiger partial charge in [-0.15, -0.1) is 0 Å². The van der Waals surface area contributed by atoms with Gasteiger partial charge >= 0.3 is 0 Å². The molecule has 55 heteroatoms. The van der Waals surface area contributed by atoms with E-state index in [4.69, 9.17) is 123 Å². The molecule has 0 aliphatic rings. The second kappa shape index (κ2) is 123. The molecular weight excluding hydrogens is 3000 g/mol. The van der Waals surface area contributed by atoms with Crippen LogP contribution in [0.2, 0.25) is 0 Å². The van der Waals surface area contributed by atoms with Gasteiger partial charge in [0.25, 0.3) is 0 Å². The van der Waals surface area contributed by atoms with Crippen molar-refractivity contribution in [2.24, 2.45) is 0 Å². The normalized spacial score (nSPS) is 7.81. The van der Waals surface area contributed by atoms with Crippen molar-refractivity contribution in [1.29, 1.82) is 0 Å². The fourth-order valence-electron chi connectivity index (χ4n) is 5.61. The summed E-state index contributed by atoms with van der Waals surface area (Å²) in [6.07, 6.45) is -19.5.